The van der Waals surface area contributed by atoms with Crippen LogP contribution in [0.3, 0.4) is 0 Å². The summed E-state index contributed by atoms with van der Waals surface area (Å²) in [7, 11) is 0. The number of aromatic nitrogens is 2. The number of benzene rings is 1. The lowest BCUT2D eigenvalue weighted by atomic mass is 10.0. The second-order valence-electron chi connectivity index (χ2n) is 5.59. The Kier molecular flexibility index (Phi) is 3.03. The maximum Gasteiger partial charge on any atom is 0.252 e. The maximum atomic E-state index is 12.4. The van der Waals surface area contributed by atoms with Gasteiger partial charge in [-0.2, -0.15) is 0 Å². The smallest absolute Gasteiger partial charge is 0.252 e. The molecule has 0 amide bonds. The van der Waals surface area contributed by atoms with E-state index in [1.165, 1.54) is 0 Å². The Labute approximate surface area is 136 Å². The number of aryl methyl sites for hydroxylation is 1. The molecule has 0 saturated heterocycles. The van der Waals surface area contributed by atoms with Crippen molar-refractivity contribution in [2.75, 3.05) is 0 Å². The second kappa shape index (κ2) is 4.96. The molecule has 1 N–H and O–H groups in total. The Morgan fingerprint density at radius 1 is 1.17 bits per heavy atom. The van der Waals surface area contributed by atoms with Gasteiger partial charge in [0.25, 0.3) is 5.56 Å². The zero-order valence-corrected chi connectivity index (χ0v) is 13.4. The molecule has 5 heteroatoms. The van der Waals surface area contributed by atoms with Gasteiger partial charge in [-0.1, -0.05) is 11.6 Å². The summed E-state index contributed by atoms with van der Waals surface area (Å²) < 4.78 is 6.02. The van der Waals surface area contributed by atoms with Crippen molar-refractivity contribution in [2.45, 2.75) is 13.8 Å². The van der Waals surface area contributed by atoms with Gasteiger partial charge in [0.2, 0.25) is 0 Å². The summed E-state index contributed by atoms with van der Waals surface area (Å²) in [4.78, 5) is 19.5. The summed E-state index contributed by atoms with van der Waals surface area (Å²) in [5, 5.41) is 1.40. The highest BCUT2D eigenvalue weighted by Crippen LogP contribution is 2.36. The molecule has 0 aliphatic rings. The molecule has 1 aromatic carbocycles. The van der Waals surface area contributed by atoms with Crippen molar-refractivity contribution in [1.29, 1.82) is 0 Å². The van der Waals surface area contributed by atoms with Gasteiger partial charge < -0.3 is 9.40 Å². The van der Waals surface area contributed by atoms with Crippen LogP contribution in [-0.4, -0.2) is 9.97 Å². The monoisotopic (exact) mass is 324 g/mol. The predicted molar refractivity (Wildman–Crippen MR) is 92.1 cm³/mol. The van der Waals surface area contributed by atoms with Gasteiger partial charge in [-0.05, 0) is 49.7 Å². The van der Waals surface area contributed by atoms with Crippen LogP contribution < -0.4 is 5.56 Å². The van der Waals surface area contributed by atoms with Gasteiger partial charge in [0, 0.05) is 33.4 Å². The lowest BCUT2D eigenvalue weighted by Gasteiger charge is -2.06. The van der Waals surface area contributed by atoms with E-state index < -0.39 is 0 Å². The number of halogens is 1. The Bertz CT molecular complexity index is 1130. The van der Waals surface area contributed by atoms with Crippen molar-refractivity contribution < 1.29 is 4.42 Å². The number of fused-ring (bicyclic) bond motifs is 3. The topological polar surface area (TPSA) is 58.9 Å². The molecule has 0 fully saturated rings. The minimum atomic E-state index is -0.135. The van der Waals surface area contributed by atoms with Gasteiger partial charge in [-0.15, -0.1) is 0 Å². The van der Waals surface area contributed by atoms with Crippen LogP contribution in [-0.2, 0) is 0 Å². The molecular weight excluding hydrogens is 312 g/mol. The third-order valence-electron chi connectivity index (χ3n) is 4.02. The number of furan rings is 1. The molecular formula is C18H13ClN2O2. The minimum Gasteiger partial charge on any atom is -0.454 e. The van der Waals surface area contributed by atoms with Gasteiger partial charge in [0.05, 0.1) is 5.52 Å². The van der Waals surface area contributed by atoms with Crippen molar-refractivity contribution in [3.8, 4) is 11.1 Å². The molecule has 23 heavy (non-hydrogen) atoms. The number of hydrogen-bond donors (Lipinski definition) is 1. The molecule has 0 spiro atoms. The Hall–Kier alpha value is -2.59. The van der Waals surface area contributed by atoms with Gasteiger partial charge in [-0.3, -0.25) is 9.78 Å². The van der Waals surface area contributed by atoms with Crippen LogP contribution in [0.4, 0.5) is 0 Å². The van der Waals surface area contributed by atoms with E-state index in [9.17, 15) is 4.79 Å². The number of nitrogens with one attached hydrogen (secondary N) is 1. The van der Waals surface area contributed by atoms with E-state index in [0.717, 1.165) is 22.2 Å². The summed E-state index contributed by atoms with van der Waals surface area (Å²) in [5.74, 6) is 0. The first-order valence-corrected chi connectivity index (χ1v) is 7.60. The summed E-state index contributed by atoms with van der Waals surface area (Å²) in [5.41, 5.74) is 5.09. The zero-order chi connectivity index (χ0) is 16.1. The van der Waals surface area contributed by atoms with Crippen molar-refractivity contribution in [2.24, 2.45) is 0 Å². The second-order valence-corrected chi connectivity index (χ2v) is 6.02. The first-order chi connectivity index (χ1) is 11.0. The van der Waals surface area contributed by atoms with Gasteiger partial charge >= 0.3 is 0 Å². The van der Waals surface area contributed by atoms with Crippen LogP contribution in [0.5, 0.6) is 0 Å². The maximum absolute atomic E-state index is 12.4. The SMILES string of the molecule is Cc1cc(-c2c(C)c(=O)[nH]c3c2oc2ccc(Cl)cc23)ccn1. The number of aromatic amines is 1. The third kappa shape index (κ3) is 2.14. The normalized spacial score (nSPS) is 11.4. The van der Waals surface area contributed by atoms with Crippen molar-refractivity contribution in [3.05, 3.63) is 63.2 Å². The molecule has 0 aliphatic carbocycles. The van der Waals surface area contributed by atoms with Gasteiger partial charge in [0.15, 0.2) is 5.58 Å². The van der Waals surface area contributed by atoms with Crippen molar-refractivity contribution >= 4 is 33.7 Å². The fraction of sp³-hybridized carbons (Fsp3) is 0.111. The molecule has 4 rings (SSSR count). The first kappa shape index (κ1) is 14.0. The highest BCUT2D eigenvalue weighted by Gasteiger charge is 2.18. The number of rotatable bonds is 1. The predicted octanol–water partition coefficient (Wildman–Crippen LogP) is 4.61. The van der Waals surface area contributed by atoms with Crippen LogP contribution in [0.2, 0.25) is 5.02 Å². The highest BCUT2D eigenvalue weighted by atomic mass is 35.5. The minimum absolute atomic E-state index is 0.135. The first-order valence-electron chi connectivity index (χ1n) is 7.22. The van der Waals surface area contributed by atoms with E-state index in [1.807, 2.05) is 25.1 Å². The summed E-state index contributed by atoms with van der Waals surface area (Å²) in [6.45, 7) is 3.71. The number of hydrogen-bond acceptors (Lipinski definition) is 3. The Balaban J connectivity index is 2.20. The number of H-pyrrole nitrogens is 1. The van der Waals surface area contributed by atoms with Crippen molar-refractivity contribution in [3.63, 3.8) is 0 Å². The van der Waals surface area contributed by atoms with Crippen LogP contribution in [0.1, 0.15) is 11.3 Å². The van der Waals surface area contributed by atoms with Crippen LogP contribution >= 0.6 is 11.6 Å². The van der Waals surface area contributed by atoms with Crippen LogP contribution in [0, 0.1) is 13.8 Å². The molecule has 114 valence electrons. The average molecular weight is 325 g/mol. The molecule has 0 radical (unpaired) electrons. The molecule has 3 heterocycles. The van der Waals surface area contributed by atoms with E-state index in [0.29, 0.717) is 27.3 Å². The van der Waals surface area contributed by atoms with E-state index in [-0.39, 0.29) is 5.56 Å². The summed E-state index contributed by atoms with van der Waals surface area (Å²) >= 11 is 6.08. The van der Waals surface area contributed by atoms with E-state index in [2.05, 4.69) is 9.97 Å². The fourth-order valence-electron chi connectivity index (χ4n) is 2.91. The standard InChI is InChI=1S/C18H13ClN2O2/c1-9-7-11(5-6-20-9)15-10(2)18(22)21-16-13-8-12(19)3-4-14(13)23-17(15)16/h3-8H,1-2H3,(H,21,22). The quantitative estimate of drug-likeness (QED) is 0.556. The van der Waals surface area contributed by atoms with Crippen LogP contribution in [0.15, 0.2) is 45.7 Å². The summed E-state index contributed by atoms with van der Waals surface area (Å²) in [6, 6.07) is 9.21. The Morgan fingerprint density at radius 3 is 2.78 bits per heavy atom. The highest BCUT2D eigenvalue weighted by molar-refractivity contribution is 6.31. The Morgan fingerprint density at radius 2 is 2.00 bits per heavy atom. The van der Waals surface area contributed by atoms with E-state index in [4.69, 9.17) is 16.0 Å². The van der Waals surface area contributed by atoms with Crippen LogP contribution in [0.25, 0.3) is 33.2 Å². The molecule has 0 saturated carbocycles. The third-order valence-corrected chi connectivity index (χ3v) is 4.25. The molecule has 4 nitrogen and oxygen atoms in total. The number of nitrogens with zero attached hydrogens (tertiary/aromatic N) is 1. The van der Waals surface area contributed by atoms with Gasteiger partial charge in [-0.25, -0.2) is 0 Å². The lowest BCUT2D eigenvalue weighted by molar-refractivity contribution is 0.668. The molecule has 0 unspecified atom stereocenters. The average Bonchev–Trinajstić information content (AvgIpc) is 2.86. The number of pyridine rings is 2. The zero-order valence-electron chi connectivity index (χ0n) is 12.6. The van der Waals surface area contributed by atoms with Crippen molar-refractivity contribution in [1.82, 2.24) is 9.97 Å². The summed E-state index contributed by atoms with van der Waals surface area (Å²) in [6.07, 6.45) is 1.73. The molecule has 3 aromatic heterocycles. The molecule has 4 aromatic rings. The molecule has 0 atom stereocenters. The molecule has 0 aliphatic heterocycles. The van der Waals surface area contributed by atoms with Gasteiger partial charge in [0.1, 0.15) is 5.58 Å². The largest absolute Gasteiger partial charge is 0.454 e. The fourth-order valence-corrected chi connectivity index (χ4v) is 3.08. The van der Waals surface area contributed by atoms with E-state index >= 15 is 0 Å². The van der Waals surface area contributed by atoms with E-state index in [1.54, 1.807) is 25.3 Å². The molecule has 0 bridgehead atoms. The lowest BCUT2D eigenvalue weighted by Crippen LogP contribution is -2.10.